The van der Waals surface area contributed by atoms with Gasteiger partial charge in [0, 0.05) is 0 Å². The molecule has 0 spiro atoms. The molecule has 5 nitrogen and oxygen atoms in total. The number of ether oxygens (including phenoxy) is 1. The van der Waals surface area contributed by atoms with E-state index >= 15 is 0 Å². The van der Waals surface area contributed by atoms with Crippen molar-refractivity contribution in [2.24, 2.45) is 17.3 Å². The Morgan fingerprint density at radius 3 is 2.46 bits per heavy atom. The lowest BCUT2D eigenvalue weighted by molar-refractivity contribution is -0.196. The van der Waals surface area contributed by atoms with Crippen LogP contribution in [0.4, 0.5) is 0 Å². The number of rotatable bonds is 5. The third-order valence-electron chi connectivity index (χ3n) is 7.21. The number of hydrogen-bond acceptors (Lipinski definition) is 4. The van der Waals surface area contributed by atoms with Gasteiger partial charge >= 0.3 is 5.97 Å². The maximum atomic E-state index is 12.9. The third kappa shape index (κ3) is 3.57. The lowest BCUT2D eigenvalue weighted by atomic mass is 9.48. The van der Waals surface area contributed by atoms with Crippen molar-refractivity contribution in [2.45, 2.75) is 70.9 Å². The molecule has 5 heteroatoms. The Morgan fingerprint density at radius 2 is 1.86 bits per heavy atom. The summed E-state index contributed by atoms with van der Waals surface area (Å²) in [5, 5.41) is 13.7. The maximum absolute atomic E-state index is 12.9. The zero-order valence-electron chi connectivity index (χ0n) is 17.1. The second-order valence-electron chi connectivity index (χ2n) is 9.67. The van der Waals surface area contributed by atoms with Crippen molar-refractivity contribution in [1.29, 1.82) is 0 Å². The normalized spacial score (nSPS) is 34.1. The highest BCUT2D eigenvalue weighted by atomic mass is 16.5. The zero-order chi connectivity index (χ0) is 20.1. The topological polar surface area (TPSA) is 75.6 Å². The summed E-state index contributed by atoms with van der Waals surface area (Å²) in [6.07, 6.45) is 4.83. The number of aliphatic hydroxyl groups is 1. The van der Waals surface area contributed by atoms with E-state index in [1.54, 1.807) is 0 Å². The number of benzene rings is 1. The van der Waals surface area contributed by atoms with Gasteiger partial charge in [-0.15, -0.1) is 0 Å². The molecule has 4 saturated carbocycles. The van der Waals surface area contributed by atoms with E-state index in [-0.39, 0.29) is 24.5 Å². The number of nitrogens with one attached hydrogen (secondary N) is 1. The molecule has 0 saturated heterocycles. The molecular formula is C23H31NO4. The van der Waals surface area contributed by atoms with E-state index < -0.39 is 11.0 Å². The van der Waals surface area contributed by atoms with Gasteiger partial charge in [-0.2, -0.15) is 0 Å². The van der Waals surface area contributed by atoms with E-state index in [1.165, 1.54) is 11.1 Å². The Bertz CT molecular complexity index is 788. The monoisotopic (exact) mass is 385 g/mol. The molecule has 2 unspecified atom stereocenters. The number of carbonyl (C=O) groups is 2. The lowest BCUT2D eigenvalue weighted by Crippen LogP contribution is -2.58. The van der Waals surface area contributed by atoms with Crippen molar-refractivity contribution in [2.75, 3.05) is 6.61 Å². The van der Waals surface area contributed by atoms with Crippen molar-refractivity contribution in [3.05, 3.63) is 34.9 Å². The minimum Gasteiger partial charge on any atom is -0.455 e. The molecule has 28 heavy (non-hydrogen) atoms. The third-order valence-corrected chi connectivity index (χ3v) is 7.21. The highest BCUT2D eigenvalue weighted by Crippen LogP contribution is 2.61. The predicted octanol–water partition coefficient (Wildman–Crippen LogP) is 3.36. The number of aryl methyl sites for hydroxylation is 2. The van der Waals surface area contributed by atoms with Gasteiger partial charge in [0.05, 0.1) is 17.1 Å². The van der Waals surface area contributed by atoms with E-state index in [0.717, 1.165) is 37.7 Å². The van der Waals surface area contributed by atoms with Gasteiger partial charge in [-0.05, 0) is 87.8 Å². The van der Waals surface area contributed by atoms with Crippen LogP contribution in [0, 0.1) is 31.1 Å². The standard InChI is InChI=1S/C23H31NO4/c1-14-4-5-19(6-15(14)2)16(3)24-20(25)12-28-21(26)22-8-17-7-18(9-22)11-23(27,10-17)13-22/h4-6,16-18,27H,7-13H2,1-3H3,(H,24,25)/t16-,17-,18+,22?,23?/m1/s1. The summed E-state index contributed by atoms with van der Waals surface area (Å²) >= 11 is 0. The second kappa shape index (κ2) is 6.87. The molecule has 0 aromatic heterocycles. The van der Waals surface area contributed by atoms with Gasteiger partial charge in [-0.1, -0.05) is 18.2 Å². The molecule has 152 valence electrons. The van der Waals surface area contributed by atoms with Crippen LogP contribution in [0.3, 0.4) is 0 Å². The van der Waals surface area contributed by atoms with Crippen molar-refractivity contribution in [3.8, 4) is 0 Å². The molecule has 2 N–H and O–H groups in total. The van der Waals surface area contributed by atoms with Crippen molar-refractivity contribution in [1.82, 2.24) is 5.32 Å². The largest absolute Gasteiger partial charge is 0.455 e. The molecule has 1 amide bonds. The molecule has 0 heterocycles. The average molecular weight is 386 g/mol. The molecule has 5 rings (SSSR count). The number of carbonyl (C=O) groups excluding carboxylic acids is 2. The first-order valence-electron chi connectivity index (χ1n) is 10.4. The molecule has 4 aliphatic rings. The Hall–Kier alpha value is -1.88. The van der Waals surface area contributed by atoms with E-state index in [9.17, 15) is 14.7 Å². The van der Waals surface area contributed by atoms with Crippen LogP contribution in [0.1, 0.15) is 68.2 Å². The van der Waals surface area contributed by atoms with E-state index in [0.29, 0.717) is 18.3 Å². The summed E-state index contributed by atoms with van der Waals surface area (Å²) in [6.45, 7) is 5.78. The second-order valence-corrected chi connectivity index (χ2v) is 9.67. The van der Waals surface area contributed by atoms with Gasteiger partial charge < -0.3 is 15.2 Å². The molecule has 1 aromatic carbocycles. The van der Waals surface area contributed by atoms with E-state index in [1.807, 2.05) is 19.1 Å². The molecule has 1 aromatic rings. The summed E-state index contributed by atoms with van der Waals surface area (Å²) in [7, 11) is 0. The van der Waals surface area contributed by atoms with Gasteiger partial charge in [-0.3, -0.25) is 9.59 Å². The molecule has 5 atom stereocenters. The predicted molar refractivity (Wildman–Crippen MR) is 105 cm³/mol. The summed E-state index contributed by atoms with van der Waals surface area (Å²) in [4.78, 5) is 25.2. The first kappa shape index (κ1) is 19.4. The SMILES string of the molecule is Cc1ccc([C@@H](C)NC(=O)COC(=O)C23C[C@@H]4C[C@@H](CC(O)(C4)C2)C3)cc1C. The van der Waals surface area contributed by atoms with Gasteiger partial charge in [0.2, 0.25) is 0 Å². The number of amides is 1. The highest BCUT2D eigenvalue weighted by molar-refractivity contribution is 5.83. The fourth-order valence-electron chi connectivity index (χ4n) is 6.14. The highest BCUT2D eigenvalue weighted by Gasteiger charge is 2.60. The smallest absolute Gasteiger partial charge is 0.312 e. The maximum Gasteiger partial charge on any atom is 0.312 e. The van der Waals surface area contributed by atoms with E-state index in [4.69, 9.17) is 4.74 Å². The van der Waals surface area contributed by atoms with Crippen LogP contribution >= 0.6 is 0 Å². The molecule has 4 bridgehead atoms. The Balaban J connectivity index is 1.33. The van der Waals surface area contributed by atoms with Crippen LogP contribution in [0.15, 0.2) is 18.2 Å². The Morgan fingerprint density at radius 1 is 1.18 bits per heavy atom. The number of hydrogen-bond donors (Lipinski definition) is 2. The van der Waals surface area contributed by atoms with Crippen LogP contribution in [0.25, 0.3) is 0 Å². The minimum atomic E-state index is -0.705. The molecule has 4 aliphatic carbocycles. The van der Waals surface area contributed by atoms with Crippen LogP contribution in [-0.4, -0.2) is 29.2 Å². The van der Waals surface area contributed by atoms with Crippen LogP contribution in [0.5, 0.6) is 0 Å². The van der Waals surface area contributed by atoms with Crippen LogP contribution in [-0.2, 0) is 14.3 Å². The van der Waals surface area contributed by atoms with Crippen molar-refractivity contribution < 1.29 is 19.4 Å². The number of esters is 1. The van der Waals surface area contributed by atoms with Gasteiger partial charge in [0.15, 0.2) is 6.61 Å². The fraction of sp³-hybridized carbons (Fsp3) is 0.652. The van der Waals surface area contributed by atoms with Crippen molar-refractivity contribution in [3.63, 3.8) is 0 Å². The van der Waals surface area contributed by atoms with Gasteiger partial charge in [0.1, 0.15) is 0 Å². The van der Waals surface area contributed by atoms with Crippen LogP contribution in [0.2, 0.25) is 0 Å². The first-order chi connectivity index (χ1) is 13.2. The summed E-state index contributed by atoms with van der Waals surface area (Å²) < 4.78 is 5.45. The first-order valence-corrected chi connectivity index (χ1v) is 10.4. The van der Waals surface area contributed by atoms with Gasteiger partial charge in [0.25, 0.3) is 5.91 Å². The molecular weight excluding hydrogens is 354 g/mol. The summed E-state index contributed by atoms with van der Waals surface area (Å²) in [5.74, 6) is 0.242. The van der Waals surface area contributed by atoms with Crippen molar-refractivity contribution >= 4 is 11.9 Å². The molecule has 0 radical (unpaired) electrons. The minimum absolute atomic E-state index is 0.147. The lowest BCUT2D eigenvalue weighted by Gasteiger charge is -2.58. The zero-order valence-corrected chi connectivity index (χ0v) is 17.1. The molecule has 4 fully saturated rings. The van der Waals surface area contributed by atoms with E-state index in [2.05, 4.69) is 25.2 Å². The molecule has 0 aliphatic heterocycles. The van der Waals surface area contributed by atoms with Crippen LogP contribution < -0.4 is 5.32 Å². The quantitative estimate of drug-likeness (QED) is 0.762. The summed E-state index contributed by atoms with van der Waals surface area (Å²) in [5.41, 5.74) is 2.14. The average Bonchev–Trinajstić information content (AvgIpc) is 2.59. The Labute approximate surface area is 166 Å². The Kier molecular flexibility index (Phi) is 4.77. The van der Waals surface area contributed by atoms with Gasteiger partial charge in [-0.25, -0.2) is 0 Å². The summed E-state index contributed by atoms with van der Waals surface area (Å²) in [6, 6.07) is 5.98. The fourth-order valence-corrected chi connectivity index (χ4v) is 6.14.